The number of hydrogen-bond donors (Lipinski definition) is 0. The smallest absolute Gasteiger partial charge is 0.410 e. The summed E-state index contributed by atoms with van der Waals surface area (Å²) >= 11 is 0. The van der Waals surface area contributed by atoms with E-state index in [1.165, 1.54) is 0 Å². The summed E-state index contributed by atoms with van der Waals surface area (Å²) in [5, 5.41) is 0. The number of nitrogens with zero attached hydrogens (tertiary/aromatic N) is 5. The first-order valence-electron chi connectivity index (χ1n) is 10.3. The van der Waals surface area contributed by atoms with Crippen LogP contribution in [0, 0.1) is 0 Å². The SMILES string of the molecule is CCc1cc(N2CCCN(C(=O)Oc3ccccc3)CC2)nc(-c2ccccn2)n1. The largest absolute Gasteiger partial charge is 0.415 e. The number of aryl methyl sites for hydroxylation is 1. The molecule has 0 atom stereocenters. The van der Waals surface area contributed by atoms with Crippen LogP contribution in [0.25, 0.3) is 11.5 Å². The van der Waals surface area contributed by atoms with Crippen LogP contribution in [-0.4, -0.2) is 52.1 Å². The predicted molar refractivity (Wildman–Crippen MR) is 116 cm³/mol. The number of pyridine rings is 1. The van der Waals surface area contributed by atoms with Gasteiger partial charge in [0.25, 0.3) is 0 Å². The normalized spacial score (nSPS) is 14.3. The highest BCUT2D eigenvalue weighted by Crippen LogP contribution is 2.21. The van der Waals surface area contributed by atoms with Gasteiger partial charge in [-0.15, -0.1) is 0 Å². The van der Waals surface area contributed by atoms with E-state index >= 15 is 0 Å². The lowest BCUT2D eigenvalue weighted by atomic mass is 10.2. The van der Waals surface area contributed by atoms with Crippen LogP contribution in [0.4, 0.5) is 10.6 Å². The predicted octanol–water partition coefficient (Wildman–Crippen LogP) is 3.81. The van der Waals surface area contributed by atoms with Crippen LogP contribution in [0.15, 0.2) is 60.8 Å². The highest BCUT2D eigenvalue weighted by Gasteiger charge is 2.22. The Labute approximate surface area is 176 Å². The lowest BCUT2D eigenvalue weighted by molar-refractivity contribution is 0.155. The van der Waals surface area contributed by atoms with Crippen molar-refractivity contribution in [3.8, 4) is 17.3 Å². The quantitative estimate of drug-likeness (QED) is 0.660. The number of amides is 1. The molecule has 154 valence electrons. The molecule has 0 saturated carbocycles. The Kier molecular flexibility index (Phi) is 6.17. The molecule has 0 radical (unpaired) electrons. The molecule has 3 aromatic rings. The standard InChI is InChI=1S/C23H25N5O2/c1-2-18-17-21(26-22(25-18)20-11-6-7-12-24-20)27-13-8-14-28(16-15-27)23(29)30-19-9-4-3-5-10-19/h3-7,9-12,17H,2,8,13-16H2,1H3. The molecule has 0 bridgehead atoms. The molecular formula is C23H25N5O2. The maximum atomic E-state index is 12.6. The fraction of sp³-hybridized carbons (Fsp3) is 0.304. The average Bonchev–Trinajstić information content (AvgIpc) is 3.06. The fourth-order valence-electron chi connectivity index (χ4n) is 3.42. The molecular weight excluding hydrogens is 378 g/mol. The highest BCUT2D eigenvalue weighted by atomic mass is 16.6. The number of para-hydroxylation sites is 1. The summed E-state index contributed by atoms with van der Waals surface area (Å²) in [6, 6.07) is 16.9. The van der Waals surface area contributed by atoms with Gasteiger partial charge in [-0.05, 0) is 37.1 Å². The molecule has 3 heterocycles. The first-order valence-corrected chi connectivity index (χ1v) is 10.3. The van der Waals surface area contributed by atoms with Gasteiger partial charge in [-0.1, -0.05) is 31.2 Å². The summed E-state index contributed by atoms with van der Waals surface area (Å²) in [6.45, 7) is 4.82. The van der Waals surface area contributed by atoms with E-state index in [4.69, 9.17) is 9.72 Å². The van der Waals surface area contributed by atoms with Gasteiger partial charge in [0.1, 0.15) is 17.3 Å². The number of ether oxygens (including phenoxy) is 1. The maximum absolute atomic E-state index is 12.6. The molecule has 30 heavy (non-hydrogen) atoms. The van der Waals surface area contributed by atoms with Gasteiger partial charge in [0.2, 0.25) is 0 Å². The Balaban J connectivity index is 1.48. The molecule has 0 N–H and O–H groups in total. The summed E-state index contributed by atoms with van der Waals surface area (Å²) in [6.07, 6.45) is 3.10. The lowest BCUT2D eigenvalue weighted by Gasteiger charge is -2.23. The van der Waals surface area contributed by atoms with Crippen molar-refractivity contribution in [1.82, 2.24) is 19.9 Å². The zero-order valence-electron chi connectivity index (χ0n) is 17.1. The summed E-state index contributed by atoms with van der Waals surface area (Å²) in [5.74, 6) is 2.07. The molecule has 1 aromatic carbocycles. The van der Waals surface area contributed by atoms with Gasteiger partial charge in [-0.2, -0.15) is 0 Å². The first kappa shape index (κ1) is 19.8. The van der Waals surface area contributed by atoms with Gasteiger partial charge in [-0.3, -0.25) is 4.98 Å². The zero-order chi connectivity index (χ0) is 20.8. The van der Waals surface area contributed by atoms with Crippen LogP contribution in [0.5, 0.6) is 5.75 Å². The van der Waals surface area contributed by atoms with E-state index in [2.05, 4.69) is 21.8 Å². The fourth-order valence-corrected chi connectivity index (χ4v) is 3.42. The van der Waals surface area contributed by atoms with Gasteiger partial charge < -0.3 is 14.5 Å². The Bertz CT molecular complexity index is 981. The van der Waals surface area contributed by atoms with E-state index in [1.807, 2.05) is 42.5 Å². The van der Waals surface area contributed by atoms with E-state index < -0.39 is 0 Å². The van der Waals surface area contributed by atoms with Crippen molar-refractivity contribution in [3.63, 3.8) is 0 Å². The molecule has 1 saturated heterocycles. The molecule has 4 rings (SSSR count). The Morgan fingerprint density at radius 2 is 1.83 bits per heavy atom. The van der Waals surface area contributed by atoms with Crippen molar-refractivity contribution in [3.05, 3.63) is 66.5 Å². The molecule has 2 aromatic heterocycles. The third-order valence-corrected chi connectivity index (χ3v) is 5.05. The van der Waals surface area contributed by atoms with Gasteiger partial charge in [0, 0.05) is 44.1 Å². The van der Waals surface area contributed by atoms with Gasteiger partial charge >= 0.3 is 6.09 Å². The minimum Gasteiger partial charge on any atom is -0.410 e. The van der Waals surface area contributed by atoms with Crippen LogP contribution in [0.2, 0.25) is 0 Å². The molecule has 1 amide bonds. The third kappa shape index (κ3) is 4.74. The van der Waals surface area contributed by atoms with Gasteiger partial charge in [-0.25, -0.2) is 14.8 Å². The molecule has 0 spiro atoms. The summed E-state index contributed by atoms with van der Waals surface area (Å²) in [7, 11) is 0. The van der Waals surface area contributed by atoms with E-state index in [0.29, 0.717) is 31.2 Å². The van der Waals surface area contributed by atoms with Crippen LogP contribution in [-0.2, 0) is 6.42 Å². The van der Waals surface area contributed by atoms with Crippen molar-refractivity contribution in [2.45, 2.75) is 19.8 Å². The Hall–Kier alpha value is -3.48. The second kappa shape index (κ2) is 9.35. The molecule has 1 aliphatic rings. The summed E-state index contributed by atoms with van der Waals surface area (Å²) in [5.41, 5.74) is 1.74. The van der Waals surface area contributed by atoms with E-state index in [0.717, 1.165) is 36.6 Å². The molecule has 7 nitrogen and oxygen atoms in total. The van der Waals surface area contributed by atoms with Crippen LogP contribution in [0.3, 0.4) is 0 Å². The number of hydrogen-bond acceptors (Lipinski definition) is 6. The summed E-state index contributed by atoms with van der Waals surface area (Å²) < 4.78 is 5.50. The zero-order valence-corrected chi connectivity index (χ0v) is 17.1. The molecule has 0 unspecified atom stereocenters. The monoisotopic (exact) mass is 403 g/mol. The number of carbonyl (C=O) groups excluding carboxylic acids is 1. The van der Waals surface area contributed by atoms with E-state index in [-0.39, 0.29) is 6.09 Å². The average molecular weight is 403 g/mol. The van der Waals surface area contributed by atoms with Crippen molar-refractivity contribution in [2.24, 2.45) is 0 Å². The number of carbonyl (C=O) groups is 1. The number of benzene rings is 1. The highest BCUT2D eigenvalue weighted by molar-refractivity contribution is 5.70. The number of rotatable bonds is 4. The van der Waals surface area contributed by atoms with Crippen molar-refractivity contribution in [2.75, 3.05) is 31.1 Å². The third-order valence-electron chi connectivity index (χ3n) is 5.05. The van der Waals surface area contributed by atoms with E-state index in [1.54, 1.807) is 23.2 Å². The lowest BCUT2D eigenvalue weighted by Crippen LogP contribution is -2.37. The Morgan fingerprint density at radius 3 is 2.60 bits per heavy atom. The number of anilines is 1. The molecule has 1 fully saturated rings. The van der Waals surface area contributed by atoms with Crippen LogP contribution in [0.1, 0.15) is 19.0 Å². The van der Waals surface area contributed by atoms with Crippen LogP contribution < -0.4 is 9.64 Å². The number of aromatic nitrogens is 3. The second-order valence-electron chi connectivity index (χ2n) is 7.12. The summed E-state index contributed by atoms with van der Waals surface area (Å²) in [4.78, 5) is 30.3. The Morgan fingerprint density at radius 1 is 1.00 bits per heavy atom. The first-order chi connectivity index (χ1) is 14.7. The van der Waals surface area contributed by atoms with E-state index in [9.17, 15) is 4.79 Å². The van der Waals surface area contributed by atoms with Crippen LogP contribution >= 0.6 is 0 Å². The minimum atomic E-state index is -0.311. The molecule has 0 aliphatic carbocycles. The minimum absolute atomic E-state index is 0.311. The van der Waals surface area contributed by atoms with Crippen molar-refractivity contribution in [1.29, 1.82) is 0 Å². The van der Waals surface area contributed by atoms with Crippen molar-refractivity contribution >= 4 is 11.9 Å². The maximum Gasteiger partial charge on any atom is 0.415 e. The van der Waals surface area contributed by atoms with Gasteiger partial charge in [0.05, 0.1) is 0 Å². The topological polar surface area (TPSA) is 71.5 Å². The van der Waals surface area contributed by atoms with Crippen molar-refractivity contribution < 1.29 is 9.53 Å². The van der Waals surface area contributed by atoms with Gasteiger partial charge in [0.15, 0.2) is 5.82 Å². The molecule has 7 heteroatoms. The second-order valence-corrected chi connectivity index (χ2v) is 7.12. The molecule has 1 aliphatic heterocycles.